The predicted molar refractivity (Wildman–Crippen MR) is 71.5 cm³/mol. The molecule has 1 aromatic carbocycles. The van der Waals surface area contributed by atoms with Crippen LogP contribution in [0, 0.1) is 0 Å². The number of hydrogen-bond donors (Lipinski definition) is 1. The summed E-state index contributed by atoms with van der Waals surface area (Å²) < 4.78 is 16.5. The lowest BCUT2D eigenvalue weighted by atomic mass is 10.2. The standard InChI is InChI=1S/C14H18N2O4/c1-3-12-15-16-13(20-12)9-19-14-10(8-17)6-5-7-11(14)18-4-2/h5-7,17H,3-4,8-9H2,1-2H3. The van der Waals surface area contributed by atoms with Gasteiger partial charge in [0.05, 0.1) is 13.2 Å². The SMILES string of the molecule is CCOc1cccc(CO)c1OCc1nnc(CC)o1. The van der Waals surface area contributed by atoms with Crippen LogP contribution in [-0.4, -0.2) is 21.9 Å². The molecule has 6 heteroatoms. The highest BCUT2D eigenvalue weighted by atomic mass is 16.5. The summed E-state index contributed by atoms with van der Waals surface area (Å²) in [5.41, 5.74) is 0.659. The Labute approximate surface area is 117 Å². The molecule has 0 aliphatic heterocycles. The molecule has 108 valence electrons. The number of aliphatic hydroxyl groups excluding tert-OH is 1. The maximum absolute atomic E-state index is 9.36. The van der Waals surface area contributed by atoms with E-state index in [1.165, 1.54) is 0 Å². The maximum atomic E-state index is 9.36. The van der Waals surface area contributed by atoms with Gasteiger partial charge in [0.15, 0.2) is 18.1 Å². The van der Waals surface area contributed by atoms with E-state index in [0.717, 1.165) is 0 Å². The number of benzene rings is 1. The van der Waals surface area contributed by atoms with E-state index >= 15 is 0 Å². The van der Waals surface area contributed by atoms with Gasteiger partial charge in [0.2, 0.25) is 5.89 Å². The van der Waals surface area contributed by atoms with Crippen molar-refractivity contribution in [1.82, 2.24) is 10.2 Å². The molecule has 6 nitrogen and oxygen atoms in total. The lowest BCUT2D eigenvalue weighted by Gasteiger charge is -2.13. The van der Waals surface area contributed by atoms with Crippen LogP contribution in [0.2, 0.25) is 0 Å². The van der Waals surface area contributed by atoms with E-state index in [4.69, 9.17) is 13.9 Å². The molecular formula is C14H18N2O4. The van der Waals surface area contributed by atoms with Crippen molar-refractivity contribution in [3.63, 3.8) is 0 Å². The van der Waals surface area contributed by atoms with Crippen molar-refractivity contribution in [2.24, 2.45) is 0 Å². The molecule has 0 saturated carbocycles. The van der Waals surface area contributed by atoms with Gasteiger partial charge < -0.3 is 19.0 Å². The van der Waals surface area contributed by atoms with Crippen molar-refractivity contribution in [2.75, 3.05) is 6.61 Å². The molecule has 0 atom stereocenters. The molecule has 0 aliphatic rings. The second kappa shape index (κ2) is 6.91. The normalized spacial score (nSPS) is 10.6. The minimum atomic E-state index is -0.125. The van der Waals surface area contributed by atoms with Gasteiger partial charge in [-0.3, -0.25) is 0 Å². The molecule has 1 aromatic heterocycles. The van der Waals surface area contributed by atoms with Gasteiger partial charge in [0, 0.05) is 12.0 Å². The first kappa shape index (κ1) is 14.3. The third-order valence-electron chi connectivity index (χ3n) is 2.68. The Morgan fingerprint density at radius 1 is 1.15 bits per heavy atom. The summed E-state index contributed by atoms with van der Waals surface area (Å²) in [5, 5.41) is 17.1. The van der Waals surface area contributed by atoms with Crippen LogP contribution in [0.4, 0.5) is 0 Å². The van der Waals surface area contributed by atoms with Gasteiger partial charge in [-0.25, -0.2) is 0 Å². The summed E-state index contributed by atoms with van der Waals surface area (Å²) in [4.78, 5) is 0. The molecule has 0 spiro atoms. The third kappa shape index (κ3) is 3.27. The molecule has 0 unspecified atom stereocenters. The summed E-state index contributed by atoms with van der Waals surface area (Å²) in [5.74, 6) is 2.07. The number of para-hydroxylation sites is 1. The van der Waals surface area contributed by atoms with E-state index in [1.54, 1.807) is 12.1 Å². The average Bonchev–Trinajstić information content (AvgIpc) is 2.94. The molecule has 0 bridgehead atoms. The highest BCUT2D eigenvalue weighted by molar-refractivity contribution is 5.46. The Bertz CT molecular complexity index is 554. The fourth-order valence-corrected chi connectivity index (χ4v) is 1.74. The van der Waals surface area contributed by atoms with E-state index in [-0.39, 0.29) is 13.2 Å². The van der Waals surface area contributed by atoms with Crippen LogP contribution >= 0.6 is 0 Å². The van der Waals surface area contributed by atoms with Crippen LogP contribution in [-0.2, 0) is 19.6 Å². The lowest BCUT2D eigenvalue weighted by Crippen LogP contribution is -2.03. The molecular weight excluding hydrogens is 260 g/mol. The van der Waals surface area contributed by atoms with Gasteiger partial charge in [0.25, 0.3) is 5.89 Å². The molecule has 0 saturated heterocycles. The Morgan fingerprint density at radius 2 is 1.95 bits per heavy atom. The molecule has 20 heavy (non-hydrogen) atoms. The second-order valence-corrected chi connectivity index (χ2v) is 4.07. The molecule has 1 heterocycles. The Balaban J connectivity index is 2.14. The van der Waals surface area contributed by atoms with Crippen molar-refractivity contribution in [3.8, 4) is 11.5 Å². The first-order valence-electron chi connectivity index (χ1n) is 6.58. The number of aromatic nitrogens is 2. The van der Waals surface area contributed by atoms with Crippen LogP contribution in [0.15, 0.2) is 22.6 Å². The highest BCUT2D eigenvalue weighted by Crippen LogP contribution is 2.32. The summed E-state index contributed by atoms with van der Waals surface area (Å²) in [6, 6.07) is 5.39. The quantitative estimate of drug-likeness (QED) is 0.835. The van der Waals surface area contributed by atoms with Crippen molar-refractivity contribution in [1.29, 1.82) is 0 Å². The number of aliphatic hydroxyl groups is 1. The molecule has 0 aliphatic carbocycles. The summed E-state index contributed by atoms with van der Waals surface area (Å²) >= 11 is 0. The first-order valence-corrected chi connectivity index (χ1v) is 6.58. The molecule has 1 N–H and O–H groups in total. The number of aryl methyl sites for hydroxylation is 1. The van der Waals surface area contributed by atoms with Gasteiger partial charge in [0.1, 0.15) is 0 Å². The van der Waals surface area contributed by atoms with Crippen LogP contribution < -0.4 is 9.47 Å². The topological polar surface area (TPSA) is 77.6 Å². The Hall–Kier alpha value is -2.08. The third-order valence-corrected chi connectivity index (χ3v) is 2.68. The van der Waals surface area contributed by atoms with Crippen molar-refractivity contribution in [3.05, 3.63) is 35.5 Å². The monoisotopic (exact) mass is 278 g/mol. The van der Waals surface area contributed by atoms with Crippen LogP contribution in [0.5, 0.6) is 11.5 Å². The smallest absolute Gasteiger partial charge is 0.253 e. The first-order chi connectivity index (χ1) is 9.78. The van der Waals surface area contributed by atoms with Crippen molar-refractivity contribution < 1.29 is 19.0 Å². The summed E-state index contributed by atoms with van der Waals surface area (Å²) in [7, 11) is 0. The van der Waals surface area contributed by atoms with Crippen LogP contribution in [0.3, 0.4) is 0 Å². The lowest BCUT2D eigenvalue weighted by molar-refractivity contribution is 0.224. The highest BCUT2D eigenvalue weighted by Gasteiger charge is 2.12. The second-order valence-electron chi connectivity index (χ2n) is 4.07. The zero-order chi connectivity index (χ0) is 14.4. The Kier molecular flexibility index (Phi) is 4.95. The van der Waals surface area contributed by atoms with Crippen molar-refractivity contribution in [2.45, 2.75) is 33.5 Å². The zero-order valence-corrected chi connectivity index (χ0v) is 11.6. The van der Waals surface area contributed by atoms with Crippen molar-refractivity contribution >= 4 is 0 Å². The zero-order valence-electron chi connectivity index (χ0n) is 11.6. The van der Waals surface area contributed by atoms with Gasteiger partial charge >= 0.3 is 0 Å². The van der Waals surface area contributed by atoms with E-state index in [9.17, 15) is 5.11 Å². The van der Waals surface area contributed by atoms with Gasteiger partial charge in [-0.05, 0) is 13.0 Å². The van der Waals surface area contributed by atoms with E-state index in [2.05, 4.69) is 10.2 Å². The number of hydrogen-bond acceptors (Lipinski definition) is 6. The fourth-order valence-electron chi connectivity index (χ4n) is 1.74. The Morgan fingerprint density at radius 3 is 2.60 bits per heavy atom. The minimum absolute atomic E-state index is 0.125. The van der Waals surface area contributed by atoms with E-state index in [1.807, 2.05) is 19.9 Å². The molecule has 0 radical (unpaired) electrons. The van der Waals surface area contributed by atoms with Gasteiger partial charge in [-0.1, -0.05) is 19.1 Å². The summed E-state index contributed by atoms with van der Waals surface area (Å²) in [6.45, 7) is 4.36. The fraction of sp³-hybridized carbons (Fsp3) is 0.429. The van der Waals surface area contributed by atoms with Gasteiger partial charge in [-0.2, -0.15) is 0 Å². The van der Waals surface area contributed by atoms with Gasteiger partial charge in [-0.15, -0.1) is 10.2 Å². The number of ether oxygens (including phenoxy) is 2. The molecule has 0 fully saturated rings. The van der Waals surface area contributed by atoms with Crippen LogP contribution in [0.1, 0.15) is 31.2 Å². The maximum Gasteiger partial charge on any atom is 0.253 e. The van der Waals surface area contributed by atoms with E-state index < -0.39 is 0 Å². The van der Waals surface area contributed by atoms with E-state index in [0.29, 0.717) is 41.9 Å². The van der Waals surface area contributed by atoms with Crippen LogP contribution in [0.25, 0.3) is 0 Å². The largest absolute Gasteiger partial charge is 0.490 e. The predicted octanol–water partition coefficient (Wildman–Crippen LogP) is 2.10. The number of nitrogens with zero attached hydrogens (tertiary/aromatic N) is 2. The molecule has 2 aromatic rings. The minimum Gasteiger partial charge on any atom is -0.490 e. The molecule has 0 amide bonds. The molecule has 2 rings (SSSR count). The average molecular weight is 278 g/mol. The number of rotatable bonds is 7. The summed E-state index contributed by atoms with van der Waals surface area (Å²) in [6.07, 6.45) is 0.685.